The third kappa shape index (κ3) is 5.81. The molecule has 144 valence electrons. The van der Waals surface area contributed by atoms with E-state index in [1.54, 1.807) is 0 Å². The van der Waals surface area contributed by atoms with Crippen LogP contribution in [0, 0.1) is 0 Å². The van der Waals surface area contributed by atoms with Crippen molar-refractivity contribution in [1.29, 1.82) is 0 Å². The van der Waals surface area contributed by atoms with Crippen LogP contribution in [-0.2, 0) is 9.59 Å². The Morgan fingerprint density at radius 1 is 1.27 bits per heavy atom. The van der Waals surface area contributed by atoms with Gasteiger partial charge < -0.3 is 10.4 Å². The molecule has 0 spiro atoms. The summed E-state index contributed by atoms with van der Waals surface area (Å²) in [5.41, 5.74) is 2.04. The van der Waals surface area contributed by atoms with Crippen molar-refractivity contribution in [2.45, 2.75) is 45.6 Å². The van der Waals surface area contributed by atoms with Crippen LogP contribution < -0.4 is 5.32 Å². The summed E-state index contributed by atoms with van der Waals surface area (Å²) in [6.45, 7) is 9.08. The number of hydrogen-bond donors (Lipinski definition) is 2. The number of amides is 1. The van der Waals surface area contributed by atoms with Gasteiger partial charge in [0, 0.05) is 24.8 Å². The highest BCUT2D eigenvalue weighted by Gasteiger charge is 2.26. The Morgan fingerprint density at radius 2 is 1.92 bits per heavy atom. The monoisotopic (exact) mass is 361 g/mol. The number of nitrogens with one attached hydrogen (secondary N) is 1. The van der Waals surface area contributed by atoms with Crippen molar-refractivity contribution in [2.75, 3.05) is 38.0 Å². The number of likely N-dealkylation sites (N-methyl/N-ethyl adjacent to an activating group) is 1. The van der Waals surface area contributed by atoms with Gasteiger partial charge in [-0.1, -0.05) is 39.0 Å². The summed E-state index contributed by atoms with van der Waals surface area (Å²) >= 11 is 0. The molecule has 1 amide bonds. The Kier molecular flexibility index (Phi) is 7.60. The van der Waals surface area contributed by atoms with Crippen molar-refractivity contribution in [2.24, 2.45) is 0 Å². The average Bonchev–Trinajstić information content (AvgIpc) is 2.60. The van der Waals surface area contributed by atoms with Crippen LogP contribution in [0.25, 0.3) is 0 Å². The SMILES string of the molecule is CCN(CC(=O)O)C1CCN(CC(=O)Nc2ccccc2C(C)C)CC1. The van der Waals surface area contributed by atoms with Crippen LogP contribution in [0.4, 0.5) is 5.69 Å². The van der Waals surface area contributed by atoms with Crippen molar-refractivity contribution in [3.63, 3.8) is 0 Å². The highest BCUT2D eigenvalue weighted by Crippen LogP contribution is 2.23. The minimum absolute atomic E-state index is 0.00873. The molecule has 1 aromatic carbocycles. The molecule has 0 bridgehead atoms. The standard InChI is InChI=1S/C20H31N3O3/c1-4-23(14-20(25)26)16-9-11-22(12-10-16)13-19(24)21-18-8-6-5-7-17(18)15(2)3/h5-8,15-16H,4,9-14H2,1-3H3,(H,21,24)(H,25,26). The molecule has 0 radical (unpaired) electrons. The fraction of sp³-hybridized carbons (Fsp3) is 0.600. The average molecular weight is 361 g/mol. The Hall–Kier alpha value is -1.92. The van der Waals surface area contributed by atoms with Gasteiger partial charge in [0.2, 0.25) is 5.91 Å². The lowest BCUT2D eigenvalue weighted by Crippen LogP contribution is -2.48. The van der Waals surface area contributed by atoms with E-state index in [1.807, 2.05) is 36.1 Å². The van der Waals surface area contributed by atoms with Crippen LogP contribution >= 0.6 is 0 Å². The van der Waals surface area contributed by atoms with E-state index < -0.39 is 5.97 Å². The molecular weight excluding hydrogens is 330 g/mol. The fourth-order valence-corrected chi connectivity index (χ4v) is 3.62. The number of carboxylic acid groups (broad SMARTS) is 1. The number of aliphatic carboxylic acids is 1. The molecule has 1 aliphatic heterocycles. The maximum Gasteiger partial charge on any atom is 0.317 e. The zero-order valence-corrected chi connectivity index (χ0v) is 16.1. The summed E-state index contributed by atoms with van der Waals surface area (Å²) in [5.74, 6) is -0.414. The molecule has 26 heavy (non-hydrogen) atoms. The number of rotatable bonds is 8. The first-order chi connectivity index (χ1) is 12.4. The number of piperidine rings is 1. The highest BCUT2D eigenvalue weighted by molar-refractivity contribution is 5.93. The molecule has 1 fully saturated rings. The van der Waals surface area contributed by atoms with Gasteiger partial charge in [0.15, 0.2) is 0 Å². The van der Waals surface area contributed by atoms with E-state index >= 15 is 0 Å². The Morgan fingerprint density at radius 3 is 2.50 bits per heavy atom. The first-order valence-electron chi connectivity index (χ1n) is 9.47. The zero-order chi connectivity index (χ0) is 19.1. The molecule has 6 nitrogen and oxygen atoms in total. The molecule has 1 saturated heterocycles. The third-order valence-electron chi connectivity index (χ3n) is 5.04. The lowest BCUT2D eigenvalue weighted by molar-refractivity contribution is -0.139. The van der Waals surface area contributed by atoms with Gasteiger partial charge in [0.1, 0.15) is 0 Å². The van der Waals surface area contributed by atoms with E-state index in [-0.39, 0.29) is 18.5 Å². The molecule has 0 unspecified atom stereocenters. The molecule has 2 N–H and O–H groups in total. The number of benzene rings is 1. The third-order valence-corrected chi connectivity index (χ3v) is 5.04. The second kappa shape index (κ2) is 9.69. The minimum Gasteiger partial charge on any atom is -0.480 e. The number of nitrogens with zero attached hydrogens (tertiary/aromatic N) is 2. The van der Waals surface area contributed by atoms with Crippen molar-refractivity contribution < 1.29 is 14.7 Å². The van der Waals surface area contributed by atoms with E-state index in [4.69, 9.17) is 5.11 Å². The molecule has 0 saturated carbocycles. The quantitative estimate of drug-likeness (QED) is 0.745. The number of anilines is 1. The summed E-state index contributed by atoms with van der Waals surface area (Å²) < 4.78 is 0. The maximum absolute atomic E-state index is 12.4. The normalized spacial score (nSPS) is 16.2. The fourth-order valence-electron chi connectivity index (χ4n) is 3.62. The summed E-state index contributed by atoms with van der Waals surface area (Å²) in [5, 5.41) is 12.1. The molecule has 1 aliphatic rings. The zero-order valence-electron chi connectivity index (χ0n) is 16.1. The smallest absolute Gasteiger partial charge is 0.317 e. The second-order valence-corrected chi connectivity index (χ2v) is 7.25. The summed E-state index contributed by atoms with van der Waals surface area (Å²) in [6.07, 6.45) is 1.80. The molecule has 1 aromatic rings. The van der Waals surface area contributed by atoms with Gasteiger partial charge >= 0.3 is 5.97 Å². The van der Waals surface area contributed by atoms with Gasteiger partial charge in [-0.3, -0.25) is 19.4 Å². The summed E-state index contributed by atoms with van der Waals surface area (Å²) in [7, 11) is 0. The van der Waals surface area contributed by atoms with E-state index in [0.29, 0.717) is 12.5 Å². The molecular formula is C20H31N3O3. The van der Waals surface area contributed by atoms with Gasteiger partial charge in [-0.25, -0.2) is 0 Å². The van der Waals surface area contributed by atoms with E-state index in [0.717, 1.165) is 43.7 Å². The van der Waals surface area contributed by atoms with Crippen molar-refractivity contribution in [3.05, 3.63) is 29.8 Å². The number of carboxylic acids is 1. The predicted molar refractivity (Wildman–Crippen MR) is 104 cm³/mol. The number of likely N-dealkylation sites (tertiary alicyclic amines) is 1. The van der Waals surface area contributed by atoms with Crippen LogP contribution in [0.3, 0.4) is 0 Å². The predicted octanol–water partition coefficient (Wildman–Crippen LogP) is 2.62. The van der Waals surface area contributed by atoms with Crippen LogP contribution in [0.1, 0.15) is 45.1 Å². The minimum atomic E-state index is -0.780. The topological polar surface area (TPSA) is 72.9 Å². The summed E-state index contributed by atoms with van der Waals surface area (Å²) in [6, 6.07) is 8.22. The van der Waals surface area contributed by atoms with Crippen molar-refractivity contribution in [1.82, 2.24) is 9.80 Å². The van der Waals surface area contributed by atoms with Crippen LogP contribution in [0.5, 0.6) is 0 Å². The molecule has 0 aromatic heterocycles. The van der Waals surface area contributed by atoms with Crippen LogP contribution in [0.15, 0.2) is 24.3 Å². The molecule has 0 aliphatic carbocycles. The van der Waals surface area contributed by atoms with Gasteiger partial charge in [0.05, 0.1) is 13.1 Å². The van der Waals surface area contributed by atoms with Gasteiger partial charge in [0.25, 0.3) is 0 Å². The molecule has 1 heterocycles. The van der Waals surface area contributed by atoms with Crippen molar-refractivity contribution in [3.8, 4) is 0 Å². The Bertz CT molecular complexity index is 610. The number of carbonyl (C=O) groups is 2. The van der Waals surface area contributed by atoms with Gasteiger partial charge in [-0.05, 0) is 36.9 Å². The van der Waals surface area contributed by atoms with Gasteiger partial charge in [-0.2, -0.15) is 0 Å². The van der Waals surface area contributed by atoms with E-state index in [2.05, 4.69) is 24.1 Å². The second-order valence-electron chi connectivity index (χ2n) is 7.25. The first kappa shape index (κ1) is 20.4. The van der Waals surface area contributed by atoms with E-state index in [1.165, 1.54) is 0 Å². The largest absolute Gasteiger partial charge is 0.480 e. The van der Waals surface area contributed by atoms with Crippen LogP contribution in [0.2, 0.25) is 0 Å². The lowest BCUT2D eigenvalue weighted by Gasteiger charge is -2.37. The number of hydrogen-bond acceptors (Lipinski definition) is 4. The Balaban J connectivity index is 1.84. The number of carbonyl (C=O) groups excluding carboxylic acids is 1. The van der Waals surface area contributed by atoms with E-state index in [9.17, 15) is 9.59 Å². The number of para-hydroxylation sites is 1. The summed E-state index contributed by atoms with van der Waals surface area (Å²) in [4.78, 5) is 27.6. The highest BCUT2D eigenvalue weighted by atomic mass is 16.4. The Labute approximate surface area is 156 Å². The van der Waals surface area contributed by atoms with Crippen LogP contribution in [-0.4, -0.2) is 65.5 Å². The first-order valence-corrected chi connectivity index (χ1v) is 9.47. The lowest BCUT2D eigenvalue weighted by atomic mass is 10.0. The molecule has 2 rings (SSSR count). The molecule has 0 atom stereocenters. The molecule has 6 heteroatoms. The maximum atomic E-state index is 12.4. The van der Waals surface area contributed by atoms with Gasteiger partial charge in [-0.15, -0.1) is 0 Å². The van der Waals surface area contributed by atoms with Crippen molar-refractivity contribution >= 4 is 17.6 Å².